The van der Waals surface area contributed by atoms with Gasteiger partial charge in [-0.1, -0.05) is 17.7 Å². The number of rotatable bonds is 7. The van der Waals surface area contributed by atoms with Gasteiger partial charge >= 0.3 is 0 Å². The minimum atomic E-state index is 0.0968. The summed E-state index contributed by atoms with van der Waals surface area (Å²) < 4.78 is 4.98. The molecule has 0 bridgehead atoms. The van der Waals surface area contributed by atoms with Crippen molar-refractivity contribution in [3.8, 4) is 0 Å². The molecule has 0 saturated carbocycles. The Balaban J connectivity index is 1.71. The molecule has 1 heterocycles. The molecule has 0 aliphatic carbocycles. The molecular formula is C18H28ClN4O2S+. The molecule has 26 heavy (non-hydrogen) atoms. The molecule has 0 aromatic heterocycles. The quantitative estimate of drug-likeness (QED) is 0.465. The van der Waals surface area contributed by atoms with Gasteiger partial charge < -0.3 is 25.2 Å². The van der Waals surface area contributed by atoms with Crippen molar-refractivity contribution in [3.63, 3.8) is 0 Å². The SMILES string of the molecule is COCCCNC(=O)C[NH+]1CCN(C(=S)Nc2ccc(C)c(Cl)c2)CC1. The second kappa shape index (κ2) is 10.7. The molecule has 0 unspecified atom stereocenters. The number of aryl methyl sites for hydroxylation is 1. The number of hydrogen-bond acceptors (Lipinski definition) is 3. The van der Waals surface area contributed by atoms with Crippen molar-refractivity contribution in [1.29, 1.82) is 0 Å². The smallest absolute Gasteiger partial charge is 0.275 e. The zero-order valence-electron chi connectivity index (χ0n) is 15.4. The molecular weight excluding hydrogens is 372 g/mol. The third-order valence-electron chi connectivity index (χ3n) is 4.44. The summed E-state index contributed by atoms with van der Waals surface area (Å²) in [5.74, 6) is 0.0968. The molecule has 3 N–H and O–H groups in total. The van der Waals surface area contributed by atoms with Gasteiger partial charge in [-0.25, -0.2) is 0 Å². The number of ether oxygens (including phenoxy) is 1. The van der Waals surface area contributed by atoms with E-state index in [0.717, 1.165) is 48.9 Å². The minimum absolute atomic E-state index is 0.0968. The molecule has 1 saturated heterocycles. The average Bonchev–Trinajstić information content (AvgIpc) is 2.62. The monoisotopic (exact) mass is 399 g/mol. The van der Waals surface area contributed by atoms with Crippen LogP contribution < -0.4 is 15.5 Å². The number of halogens is 1. The van der Waals surface area contributed by atoms with Crippen LogP contribution in [-0.4, -0.2) is 68.9 Å². The minimum Gasteiger partial charge on any atom is -0.385 e. The molecule has 0 spiro atoms. The molecule has 6 nitrogen and oxygen atoms in total. The highest BCUT2D eigenvalue weighted by Gasteiger charge is 2.23. The van der Waals surface area contributed by atoms with Crippen LogP contribution in [0.5, 0.6) is 0 Å². The van der Waals surface area contributed by atoms with Crippen LogP contribution in [0, 0.1) is 6.92 Å². The maximum absolute atomic E-state index is 12.0. The second-order valence-electron chi connectivity index (χ2n) is 6.50. The Morgan fingerprint density at radius 1 is 1.38 bits per heavy atom. The number of nitrogens with one attached hydrogen (secondary N) is 3. The van der Waals surface area contributed by atoms with E-state index in [1.165, 1.54) is 4.90 Å². The van der Waals surface area contributed by atoms with Crippen LogP contribution in [-0.2, 0) is 9.53 Å². The largest absolute Gasteiger partial charge is 0.385 e. The van der Waals surface area contributed by atoms with Crippen LogP contribution in [0.15, 0.2) is 18.2 Å². The number of anilines is 1. The first-order valence-corrected chi connectivity index (χ1v) is 9.69. The first-order chi connectivity index (χ1) is 12.5. The van der Waals surface area contributed by atoms with Gasteiger partial charge in [-0.05, 0) is 43.3 Å². The van der Waals surface area contributed by atoms with E-state index in [4.69, 9.17) is 28.6 Å². The van der Waals surface area contributed by atoms with Gasteiger partial charge in [0, 0.05) is 31.0 Å². The summed E-state index contributed by atoms with van der Waals surface area (Å²) in [6.45, 7) is 7.26. The number of methoxy groups -OCH3 is 1. The molecule has 0 radical (unpaired) electrons. The number of benzene rings is 1. The van der Waals surface area contributed by atoms with Crippen molar-refractivity contribution in [1.82, 2.24) is 10.2 Å². The van der Waals surface area contributed by atoms with Gasteiger partial charge in [-0.3, -0.25) is 4.79 Å². The summed E-state index contributed by atoms with van der Waals surface area (Å²) in [6, 6.07) is 5.84. The maximum Gasteiger partial charge on any atom is 0.275 e. The van der Waals surface area contributed by atoms with E-state index in [9.17, 15) is 4.79 Å². The molecule has 144 valence electrons. The van der Waals surface area contributed by atoms with E-state index in [0.29, 0.717) is 24.8 Å². The van der Waals surface area contributed by atoms with Crippen LogP contribution in [0.1, 0.15) is 12.0 Å². The number of hydrogen-bond donors (Lipinski definition) is 3. The lowest BCUT2D eigenvalue weighted by Crippen LogP contribution is -3.15. The first-order valence-electron chi connectivity index (χ1n) is 8.91. The van der Waals surface area contributed by atoms with Gasteiger partial charge in [0.1, 0.15) is 0 Å². The maximum atomic E-state index is 12.0. The Hall–Kier alpha value is -1.41. The fraction of sp³-hybridized carbons (Fsp3) is 0.556. The van der Waals surface area contributed by atoms with Gasteiger partial charge in [-0.15, -0.1) is 0 Å². The van der Waals surface area contributed by atoms with Crippen molar-refractivity contribution in [2.24, 2.45) is 0 Å². The van der Waals surface area contributed by atoms with Gasteiger partial charge in [-0.2, -0.15) is 0 Å². The number of nitrogens with zero attached hydrogens (tertiary/aromatic N) is 1. The summed E-state index contributed by atoms with van der Waals surface area (Å²) in [7, 11) is 1.66. The zero-order chi connectivity index (χ0) is 18.9. The molecule has 8 heteroatoms. The Morgan fingerprint density at radius 2 is 2.12 bits per heavy atom. The number of thiocarbonyl (C=S) groups is 1. The molecule has 0 atom stereocenters. The summed E-state index contributed by atoms with van der Waals surface area (Å²) >= 11 is 11.7. The number of carbonyl (C=O) groups is 1. The van der Waals surface area contributed by atoms with Gasteiger partial charge in [0.2, 0.25) is 0 Å². The predicted octanol–water partition coefficient (Wildman–Crippen LogP) is 0.698. The Kier molecular flexibility index (Phi) is 8.58. The average molecular weight is 400 g/mol. The molecule has 2 rings (SSSR count). The lowest BCUT2D eigenvalue weighted by atomic mass is 10.2. The lowest BCUT2D eigenvalue weighted by molar-refractivity contribution is -0.895. The fourth-order valence-electron chi connectivity index (χ4n) is 2.81. The topological polar surface area (TPSA) is 58.0 Å². The van der Waals surface area contributed by atoms with Crippen LogP contribution in [0.3, 0.4) is 0 Å². The van der Waals surface area contributed by atoms with E-state index >= 15 is 0 Å². The molecule has 1 aromatic carbocycles. The highest BCUT2D eigenvalue weighted by atomic mass is 35.5. The van der Waals surface area contributed by atoms with Crippen molar-refractivity contribution in [3.05, 3.63) is 28.8 Å². The summed E-state index contributed by atoms with van der Waals surface area (Å²) in [4.78, 5) is 15.4. The Labute approximate surface area is 165 Å². The lowest BCUT2D eigenvalue weighted by Gasteiger charge is -2.33. The molecule has 1 aliphatic heterocycles. The van der Waals surface area contributed by atoms with Gasteiger partial charge in [0.25, 0.3) is 5.91 Å². The third-order valence-corrected chi connectivity index (χ3v) is 5.21. The number of piperazine rings is 1. The van der Waals surface area contributed by atoms with E-state index in [-0.39, 0.29) is 5.91 Å². The number of quaternary nitrogens is 1. The third kappa shape index (κ3) is 6.72. The number of carbonyl (C=O) groups excluding carboxylic acids is 1. The highest BCUT2D eigenvalue weighted by molar-refractivity contribution is 7.80. The number of amides is 1. The van der Waals surface area contributed by atoms with Crippen LogP contribution in [0.25, 0.3) is 0 Å². The van der Waals surface area contributed by atoms with E-state index in [2.05, 4.69) is 15.5 Å². The van der Waals surface area contributed by atoms with Gasteiger partial charge in [0.05, 0.1) is 26.2 Å². The highest BCUT2D eigenvalue weighted by Crippen LogP contribution is 2.20. The molecule has 1 aromatic rings. The van der Waals surface area contributed by atoms with E-state index in [1.54, 1.807) is 7.11 Å². The molecule has 1 fully saturated rings. The summed E-state index contributed by atoms with van der Waals surface area (Å²) in [5, 5.41) is 7.61. The van der Waals surface area contributed by atoms with Gasteiger partial charge in [0.15, 0.2) is 11.7 Å². The van der Waals surface area contributed by atoms with Crippen molar-refractivity contribution in [2.45, 2.75) is 13.3 Å². The first kappa shape index (κ1) is 20.9. The Morgan fingerprint density at radius 3 is 2.77 bits per heavy atom. The second-order valence-corrected chi connectivity index (χ2v) is 7.30. The normalized spacial score (nSPS) is 15.0. The van der Waals surface area contributed by atoms with E-state index in [1.807, 2.05) is 25.1 Å². The van der Waals surface area contributed by atoms with Crippen molar-refractivity contribution >= 4 is 40.5 Å². The van der Waals surface area contributed by atoms with Crippen molar-refractivity contribution in [2.75, 3.05) is 58.3 Å². The standard InChI is InChI=1S/C18H27ClN4O2S/c1-14-4-5-15(12-16(14)19)21-18(26)23-9-7-22(8-10-23)13-17(24)20-6-3-11-25-2/h4-5,12H,3,6-11,13H2,1-2H3,(H,20,24)(H,21,26)/p+1. The van der Waals surface area contributed by atoms with E-state index < -0.39 is 0 Å². The fourth-order valence-corrected chi connectivity index (χ4v) is 3.29. The summed E-state index contributed by atoms with van der Waals surface area (Å²) in [5.41, 5.74) is 1.94. The van der Waals surface area contributed by atoms with Crippen LogP contribution in [0.2, 0.25) is 5.02 Å². The van der Waals surface area contributed by atoms with Crippen molar-refractivity contribution < 1.29 is 14.4 Å². The predicted molar refractivity (Wildman–Crippen MR) is 109 cm³/mol. The molecule has 1 aliphatic rings. The van der Waals surface area contributed by atoms with Crippen LogP contribution in [0.4, 0.5) is 5.69 Å². The summed E-state index contributed by atoms with van der Waals surface area (Å²) in [6.07, 6.45) is 0.842. The Bertz CT molecular complexity index is 621. The zero-order valence-corrected chi connectivity index (χ0v) is 17.0. The molecule has 1 amide bonds. The van der Waals surface area contributed by atoms with Crippen LogP contribution >= 0.6 is 23.8 Å².